The molecule has 0 unspecified atom stereocenters. The summed E-state index contributed by atoms with van der Waals surface area (Å²) in [5.41, 5.74) is 6.54. The maximum absolute atomic E-state index is 11.9. The average Bonchev–Trinajstić information content (AvgIpc) is 2.42. The molecule has 106 valence electrons. The summed E-state index contributed by atoms with van der Waals surface area (Å²) in [5.74, 6) is 1.28. The van der Waals surface area contributed by atoms with Gasteiger partial charge in [-0.3, -0.25) is 4.79 Å². The van der Waals surface area contributed by atoms with Gasteiger partial charge < -0.3 is 15.4 Å². The summed E-state index contributed by atoms with van der Waals surface area (Å²) in [4.78, 5) is 13.6. The van der Waals surface area contributed by atoms with Gasteiger partial charge in [-0.1, -0.05) is 32.0 Å². The van der Waals surface area contributed by atoms with E-state index in [0.29, 0.717) is 18.2 Å². The molecule has 0 aliphatic carbocycles. The van der Waals surface area contributed by atoms with Crippen molar-refractivity contribution in [3.63, 3.8) is 0 Å². The van der Waals surface area contributed by atoms with E-state index in [-0.39, 0.29) is 12.5 Å². The molecular formula is C15H24N2O2. The first kappa shape index (κ1) is 15.5. The van der Waals surface area contributed by atoms with E-state index in [2.05, 4.69) is 13.8 Å². The predicted octanol–water partition coefficient (Wildman–Crippen LogP) is 2.03. The highest BCUT2D eigenvalue weighted by atomic mass is 16.5. The van der Waals surface area contributed by atoms with Gasteiger partial charge in [-0.15, -0.1) is 0 Å². The van der Waals surface area contributed by atoms with Crippen LogP contribution in [0.3, 0.4) is 0 Å². The molecule has 0 atom stereocenters. The van der Waals surface area contributed by atoms with Gasteiger partial charge in [-0.2, -0.15) is 0 Å². The first-order valence-corrected chi connectivity index (χ1v) is 6.69. The fourth-order valence-corrected chi connectivity index (χ4v) is 1.64. The smallest absolute Gasteiger partial charge is 0.260 e. The van der Waals surface area contributed by atoms with Gasteiger partial charge in [-0.05, 0) is 18.4 Å². The number of carbonyl (C=O) groups excluding carboxylic acids is 1. The minimum atomic E-state index is -0.00697. The molecule has 0 bridgehead atoms. The van der Waals surface area contributed by atoms with Crippen molar-refractivity contribution < 1.29 is 9.53 Å². The molecular weight excluding hydrogens is 240 g/mol. The zero-order valence-corrected chi connectivity index (χ0v) is 12.1. The number of likely N-dealkylation sites (N-methyl/N-ethyl adjacent to an activating group) is 1. The molecule has 0 spiro atoms. The van der Waals surface area contributed by atoms with Gasteiger partial charge in [0.15, 0.2) is 6.61 Å². The van der Waals surface area contributed by atoms with Crippen LogP contribution in [0.15, 0.2) is 24.3 Å². The number of ether oxygens (including phenoxy) is 1. The van der Waals surface area contributed by atoms with Gasteiger partial charge in [0, 0.05) is 25.7 Å². The number of rotatable bonds is 7. The second kappa shape index (κ2) is 7.79. The first-order valence-electron chi connectivity index (χ1n) is 6.69. The third-order valence-electron chi connectivity index (χ3n) is 3.01. The molecule has 0 heterocycles. The molecule has 1 aromatic rings. The Hall–Kier alpha value is -1.55. The largest absolute Gasteiger partial charge is 0.483 e. The van der Waals surface area contributed by atoms with Crippen molar-refractivity contribution in [2.45, 2.75) is 26.8 Å². The van der Waals surface area contributed by atoms with Crippen LogP contribution in [0.4, 0.5) is 0 Å². The summed E-state index contributed by atoms with van der Waals surface area (Å²) >= 11 is 0. The molecule has 19 heavy (non-hydrogen) atoms. The van der Waals surface area contributed by atoms with Crippen LogP contribution >= 0.6 is 0 Å². The monoisotopic (exact) mass is 264 g/mol. The van der Waals surface area contributed by atoms with Crippen LogP contribution in [0.5, 0.6) is 5.75 Å². The predicted molar refractivity (Wildman–Crippen MR) is 76.9 cm³/mol. The van der Waals surface area contributed by atoms with E-state index in [1.54, 1.807) is 4.90 Å². The van der Waals surface area contributed by atoms with Crippen LogP contribution in [0, 0.1) is 5.92 Å². The number of nitrogens with two attached hydrogens (primary N) is 1. The summed E-state index contributed by atoms with van der Waals surface area (Å²) in [6, 6.07) is 7.53. The molecule has 0 saturated carbocycles. The Morgan fingerprint density at radius 2 is 2.05 bits per heavy atom. The van der Waals surface area contributed by atoms with Crippen molar-refractivity contribution in [3.8, 4) is 5.75 Å². The number of amides is 1. The van der Waals surface area contributed by atoms with Crippen molar-refractivity contribution in [1.82, 2.24) is 4.90 Å². The molecule has 0 saturated heterocycles. The lowest BCUT2D eigenvalue weighted by molar-refractivity contribution is -0.132. The van der Waals surface area contributed by atoms with Gasteiger partial charge >= 0.3 is 0 Å². The third kappa shape index (κ3) is 5.30. The number of carbonyl (C=O) groups is 1. The quantitative estimate of drug-likeness (QED) is 0.820. The standard InChI is InChI=1S/C15H24N2O2/c1-12(2)8-9-17(3)15(18)11-19-14-7-5-4-6-13(14)10-16/h4-7,12H,8-11,16H2,1-3H3. The molecule has 1 rings (SSSR count). The Bertz CT molecular complexity index is 405. The molecule has 0 radical (unpaired) electrons. The summed E-state index contributed by atoms with van der Waals surface area (Å²) in [7, 11) is 1.81. The Kier molecular flexibility index (Phi) is 6.36. The number of para-hydroxylation sites is 1. The van der Waals surface area contributed by atoms with Crippen molar-refractivity contribution in [2.24, 2.45) is 11.7 Å². The maximum atomic E-state index is 11.9. The van der Waals surface area contributed by atoms with E-state index in [0.717, 1.165) is 18.5 Å². The van der Waals surface area contributed by atoms with Crippen LogP contribution < -0.4 is 10.5 Å². The van der Waals surface area contributed by atoms with Crippen molar-refractivity contribution >= 4 is 5.91 Å². The third-order valence-corrected chi connectivity index (χ3v) is 3.01. The van der Waals surface area contributed by atoms with E-state index < -0.39 is 0 Å². The van der Waals surface area contributed by atoms with Crippen molar-refractivity contribution in [2.75, 3.05) is 20.2 Å². The van der Waals surface area contributed by atoms with Crippen molar-refractivity contribution in [1.29, 1.82) is 0 Å². The first-order chi connectivity index (χ1) is 9.04. The van der Waals surface area contributed by atoms with Gasteiger partial charge in [0.2, 0.25) is 0 Å². The van der Waals surface area contributed by atoms with Crippen LogP contribution in [-0.4, -0.2) is 31.0 Å². The van der Waals surface area contributed by atoms with Crippen LogP contribution in [0.2, 0.25) is 0 Å². The minimum absolute atomic E-state index is 0.00697. The van der Waals surface area contributed by atoms with Gasteiger partial charge in [0.05, 0.1) is 0 Å². The molecule has 0 aromatic heterocycles. The fraction of sp³-hybridized carbons (Fsp3) is 0.533. The topological polar surface area (TPSA) is 55.6 Å². The molecule has 0 aliphatic rings. The zero-order chi connectivity index (χ0) is 14.3. The summed E-state index contributed by atoms with van der Waals surface area (Å²) in [6.07, 6.45) is 1.00. The number of hydrogen-bond donors (Lipinski definition) is 1. The van der Waals surface area contributed by atoms with E-state index in [9.17, 15) is 4.79 Å². The maximum Gasteiger partial charge on any atom is 0.260 e. The lowest BCUT2D eigenvalue weighted by Gasteiger charge is -2.19. The summed E-state index contributed by atoms with van der Waals surface area (Å²) in [5, 5.41) is 0. The highest BCUT2D eigenvalue weighted by Gasteiger charge is 2.11. The van der Waals surface area contributed by atoms with E-state index in [1.165, 1.54) is 0 Å². The van der Waals surface area contributed by atoms with E-state index >= 15 is 0 Å². The zero-order valence-electron chi connectivity index (χ0n) is 12.1. The SMILES string of the molecule is CC(C)CCN(C)C(=O)COc1ccccc1CN. The summed E-state index contributed by atoms with van der Waals surface area (Å²) < 4.78 is 5.55. The lowest BCUT2D eigenvalue weighted by Crippen LogP contribution is -2.32. The molecule has 4 nitrogen and oxygen atoms in total. The van der Waals surface area contributed by atoms with E-state index in [4.69, 9.17) is 10.5 Å². The molecule has 0 fully saturated rings. The molecule has 1 amide bonds. The molecule has 0 aliphatic heterocycles. The normalized spacial score (nSPS) is 10.6. The summed E-state index contributed by atoms with van der Waals surface area (Å²) in [6.45, 7) is 5.52. The van der Waals surface area contributed by atoms with Gasteiger partial charge in [0.1, 0.15) is 5.75 Å². The van der Waals surface area contributed by atoms with Crippen molar-refractivity contribution in [3.05, 3.63) is 29.8 Å². The number of benzene rings is 1. The minimum Gasteiger partial charge on any atom is -0.483 e. The highest BCUT2D eigenvalue weighted by Crippen LogP contribution is 2.17. The van der Waals surface area contributed by atoms with Gasteiger partial charge in [0.25, 0.3) is 5.91 Å². The molecule has 1 aromatic carbocycles. The molecule has 4 heteroatoms. The average molecular weight is 264 g/mol. The van der Waals surface area contributed by atoms with Gasteiger partial charge in [-0.25, -0.2) is 0 Å². The van der Waals surface area contributed by atoms with Crippen LogP contribution in [-0.2, 0) is 11.3 Å². The molecule has 2 N–H and O–H groups in total. The Labute approximate surface area is 115 Å². The second-order valence-electron chi connectivity index (χ2n) is 5.10. The van der Waals surface area contributed by atoms with Crippen LogP contribution in [0.25, 0.3) is 0 Å². The van der Waals surface area contributed by atoms with E-state index in [1.807, 2.05) is 31.3 Å². The van der Waals surface area contributed by atoms with Crippen LogP contribution in [0.1, 0.15) is 25.8 Å². The Balaban J connectivity index is 2.45. The fourth-order valence-electron chi connectivity index (χ4n) is 1.64. The number of hydrogen-bond acceptors (Lipinski definition) is 3. The Morgan fingerprint density at radius 3 is 2.68 bits per heavy atom. The second-order valence-corrected chi connectivity index (χ2v) is 5.10. The lowest BCUT2D eigenvalue weighted by atomic mass is 10.1. The Morgan fingerprint density at radius 1 is 1.37 bits per heavy atom. The number of nitrogens with zero attached hydrogens (tertiary/aromatic N) is 1. The highest BCUT2D eigenvalue weighted by molar-refractivity contribution is 5.77.